The molecule has 4 atom stereocenters. The predicted molar refractivity (Wildman–Crippen MR) is 104 cm³/mol. The van der Waals surface area contributed by atoms with Crippen molar-refractivity contribution in [2.45, 2.75) is 43.4 Å². The summed E-state index contributed by atoms with van der Waals surface area (Å²) in [5, 5.41) is 10.2. The standard InChI is InChI=1S/C23H26O4/c1-26-15-9-7-14(8-10-15)21-18-6-4-3-5-17(18)20-13-16(27-2)11-12-19(20)22(21)23(24)25/h7-13,17-18,21-22H,3-6H2,1-2H3,(H,24,25)/t17-,18+,21+,22+/m1/s1. The van der Waals surface area contributed by atoms with Crippen molar-refractivity contribution in [1.29, 1.82) is 0 Å². The van der Waals surface area contributed by atoms with Gasteiger partial charge in [0.25, 0.3) is 0 Å². The number of benzene rings is 2. The van der Waals surface area contributed by atoms with E-state index in [0.717, 1.165) is 35.5 Å². The topological polar surface area (TPSA) is 55.8 Å². The molecule has 4 rings (SSSR count). The quantitative estimate of drug-likeness (QED) is 0.832. The number of carboxylic acid groups (broad SMARTS) is 1. The number of fused-ring (bicyclic) bond motifs is 3. The van der Waals surface area contributed by atoms with Crippen LogP contribution in [-0.2, 0) is 4.79 Å². The van der Waals surface area contributed by atoms with Gasteiger partial charge < -0.3 is 14.6 Å². The van der Waals surface area contributed by atoms with Crippen LogP contribution < -0.4 is 9.47 Å². The van der Waals surface area contributed by atoms with Gasteiger partial charge in [-0.3, -0.25) is 4.79 Å². The monoisotopic (exact) mass is 366 g/mol. The van der Waals surface area contributed by atoms with E-state index in [2.05, 4.69) is 6.07 Å². The van der Waals surface area contributed by atoms with Crippen LogP contribution in [0.1, 0.15) is 60.1 Å². The SMILES string of the molecule is COc1ccc([C@H]2[C@H]3CCCC[C@H]3c3cc(OC)ccc3[C@@H]2C(=O)O)cc1. The number of ether oxygens (including phenoxy) is 2. The molecule has 27 heavy (non-hydrogen) atoms. The number of carbonyl (C=O) groups is 1. The zero-order chi connectivity index (χ0) is 19.0. The average Bonchev–Trinajstić information content (AvgIpc) is 2.72. The summed E-state index contributed by atoms with van der Waals surface area (Å²) >= 11 is 0. The summed E-state index contributed by atoms with van der Waals surface area (Å²) in [5.41, 5.74) is 3.23. The maximum absolute atomic E-state index is 12.4. The number of carboxylic acids is 1. The Hall–Kier alpha value is -2.49. The molecule has 1 saturated carbocycles. The normalized spacial score (nSPS) is 26.6. The molecular weight excluding hydrogens is 340 g/mol. The van der Waals surface area contributed by atoms with Crippen LogP contribution in [0.5, 0.6) is 11.5 Å². The molecular formula is C23H26O4. The second-order valence-electron chi connectivity index (χ2n) is 7.66. The number of methoxy groups -OCH3 is 2. The van der Waals surface area contributed by atoms with Gasteiger partial charge in [-0.25, -0.2) is 0 Å². The lowest BCUT2D eigenvalue weighted by Crippen LogP contribution is -2.37. The van der Waals surface area contributed by atoms with E-state index in [1.54, 1.807) is 14.2 Å². The molecule has 1 N–H and O–H groups in total. The van der Waals surface area contributed by atoms with Crippen molar-refractivity contribution in [3.8, 4) is 11.5 Å². The molecule has 4 heteroatoms. The molecule has 0 unspecified atom stereocenters. The van der Waals surface area contributed by atoms with E-state index in [1.807, 2.05) is 36.4 Å². The van der Waals surface area contributed by atoms with Crippen molar-refractivity contribution >= 4 is 5.97 Å². The Morgan fingerprint density at radius 2 is 1.59 bits per heavy atom. The number of rotatable bonds is 4. The van der Waals surface area contributed by atoms with Gasteiger partial charge in [0.15, 0.2) is 0 Å². The molecule has 0 spiro atoms. The highest BCUT2D eigenvalue weighted by molar-refractivity contribution is 5.79. The summed E-state index contributed by atoms with van der Waals surface area (Å²) in [7, 11) is 3.31. The maximum Gasteiger partial charge on any atom is 0.311 e. The lowest BCUT2D eigenvalue weighted by atomic mass is 9.57. The van der Waals surface area contributed by atoms with E-state index in [4.69, 9.17) is 9.47 Å². The minimum absolute atomic E-state index is 0.0143. The Balaban J connectivity index is 1.86. The molecule has 0 bridgehead atoms. The summed E-state index contributed by atoms with van der Waals surface area (Å²) in [5.74, 6) is 1.06. The summed E-state index contributed by atoms with van der Waals surface area (Å²) in [4.78, 5) is 12.4. The van der Waals surface area contributed by atoms with Crippen LogP contribution in [0, 0.1) is 5.92 Å². The highest BCUT2D eigenvalue weighted by atomic mass is 16.5. The van der Waals surface area contributed by atoms with E-state index in [0.29, 0.717) is 11.8 Å². The van der Waals surface area contributed by atoms with Crippen molar-refractivity contribution in [1.82, 2.24) is 0 Å². The Labute approximate surface area is 160 Å². The molecule has 0 radical (unpaired) electrons. The fraction of sp³-hybridized carbons (Fsp3) is 0.435. The molecule has 2 aromatic carbocycles. The zero-order valence-electron chi connectivity index (χ0n) is 15.9. The van der Waals surface area contributed by atoms with Crippen molar-refractivity contribution in [2.75, 3.05) is 14.2 Å². The van der Waals surface area contributed by atoms with Crippen molar-refractivity contribution < 1.29 is 19.4 Å². The molecule has 0 aromatic heterocycles. The summed E-state index contributed by atoms with van der Waals surface area (Å²) in [6, 6.07) is 13.9. The van der Waals surface area contributed by atoms with Gasteiger partial charge in [-0.05, 0) is 65.6 Å². The predicted octanol–water partition coefficient (Wildman–Crippen LogP) is 4.94. The highest BCUT2D eigenvalue weighted by Gasteiger charge is 2.47. The van der Waals surface area contributed by atoms with Crippen LogP contribution in [-0.4, -0.2) is 25.3 Å². The first-order chi connectivity index (χ1) is 13.1. The van der Waals surface area contributed by atoms with E-state index < -0.39 is 11.9 Å². The highest BCUT2D eigenvalue weighted by Crippen LogP contribution is 2.56. The average molecular weight is 366 g/mol. The second kappa shape index (κ2) is 7.26. The number of hydrogen-bond donors (Lipinski definition) is 1. The van der Waals surface area contributed by atoms with Crippen LogP contribution >= 0.6 is 0 Å². The van der Waals surface area contributed by atoms with Gasteiger partial charge in [-0.15, -0.1) is 0 Å². The lowest BCUT2D eigenvalue weighted by Gasteiger charge is -2.46. The number of aliphatic carboxylic acids is 1. The molecule has 2 aromatic rings. The van der Waals surface area contributed by atoms with Crippen LogP contribution in [0.2, 0.25) is 0 Å². The van der Waals surface area contributed by atoms with Crippen LogP contribution in [0.4, 0.5) is 0 Å². The summed E-state index contributed by atoms with van der Waals surface area (Å²) in [6.07, 6.45) is 4.55. The molecule has 0 aliphatic heterocycles. The molecule has 4 nitrogen and oxygen atoms in total. The minimum Gasteiger partial charge on any atom is -0.497 e. The molecule has 0 amide bonds. The Morgan fingerprint density at radius 1 is 0.926 bits per heavy atom. The van der Waals surface area contributed by atoms with Gasteiger partial charge in [0.2, 0.25) is 0 Å². The van der Waals surface area contributed by atoms with Crippen LogP contribution in [0.15, 0.2) is 42.5 Å². The Morgan fingerprint density at radius 3 is 2.26 bits per heavy atom. The van der Waals surface area contributed by atoms with Gasteiger partial charge in [-0.2, -0.15) is 0 Å². The van der Waals surface area contributed by atoms with E-state index in [9.17, 15) is 9.90 Å². The van der Waals surface area contributed by atoms with Gasteiger partial charge in [0.1, 0.15) is 11.5 Å². The van der Waals surface area contributed by atoms with Crippen LogP contribution in [0.25, 0.3) is 0 Å². The molecule has 0 saturated heterocycles. The third-order valence-corrected chi connectivity index (χ3v) is 6.44. The second-order valence-corrected chi connectivity index (χ2v) is 7.66. The Kier molecular flexibility index (Phi) is 4.81. The first-order valence-electron chi connectivity index (χ1n) is 9.68. The third kappa shape index (κ3) is 3.07. The lowest BCUT2D eigenvalue weighted by molar-refractivity contribution is -0.140. The number of hydrogen-bond acceptors (Lipinski definition) is 3. The van der Waals surface area contributed by atoms with E-state index in [1.165, 1.54) is 18.4 Å². The molecule has 2 aliphatic rings. The maximum atomic E-state index is 12.4. The molecule has 142 valence electrons. The third-order valence-electron chi connectivity index (χ3n) is 6.44. The van der Waals surface area contributed by atoms with Crippen LogP contribution in [0.3, 0.4) is 0 Å². The van der Waals surface area contributed by atoms with E-state index in [-0.39, 0.29) is 5.92 Å². The Bertz CT molecular complexity index is 827. The van der Waals surface area contributed by atoms with Gasteiger partial charge in [-0.1, -0.05) is 31.0 Å². The summed E-state index contributed by atoms with van der Waals surface area (Å²) < 4.78 is 10.7. The first-order valence-corrected chi connectivity index (χ1v) is 9.68. The van der Waals surface area contributed by atoms with Gasteiger partial charge in [0.05, 0.1) is 20.1 Å². The summed E-state index contributed by atoms with van der Waals surface area (Å²) in [6.45, 7) is 0. The zero-order valence-corrected chi connectivity index (χ0v) is 15.9. The largest absolute Gasteiger partial charge is 0.497 e. The minimum atomic E-state index is -0.744. The van der Waals surface area contributed by atoms with Crippen molar-refractivity contribution in [3.63, 3.8) is 0 Å². The fourth-order valence-electron chi connectivity index (χ4n) is 5.25. The fourth-order valence-corrected chi connectivity index (χ4v) is 5.25. The van der Waals surface area contributed by atoms with Crippen molar-refractivity contribution in [2.24, 2.45) is 5.92 Å². The van der Waals surface area contributed by atoms with E-state index >= 15 is 0 Å². The van der Waals surface area contributed by atoms with Crippen molar-refractivity contribution in [3.05, 3.63) is 59.2 Å². The molecule has 1 fully saturated rings. The van der Waals surface area contributed by atoms with Gasteiger partial charge in [0, 0.05) is 5.92 Å². The first kappa shape index (κ1) is 17.9. The molecule has 2 aliphatic carbocycles. The van der Waals surface area contributed by atoms with Gasteiger partial charge >= 0.3 is 5.97 Å². The smallest absolute Gasteiger partial charge is 0.311 e. The molecule has 0 heterocycles.